The molecular weight excluding hydrogens is 376 g/mol. The smallest absolute Gasteiger partial charge is 0.275 e. The van der Waals surface area contributed by atoms with Crippen LogP contribution in [0.1, 0.15) is 10.5 Å². The topological polar surface area (TPSA) is 59.8 Å². The summed E-state index contributed by atoms with van der Waals surface area (Å²) in [5, 5.41) is 9.81. The molecule has 2 heterocycles. The van der Waals surface area contributed by atoms with Crippen LogP contribution < -0.4 is 5.32 Å². The van der Waals surface area contributed by atoms with E-state index in [0.29, 0.717) is 5.69 Å². The third-order valence-corrected chi connectivity index (χ3v) is 5.53. The molecule has 2 aromatic heterocycles. The maximum Gasteiger partial charge on any atom is 0.275 e. The van der Waals surface area contributed by atoms with Crippen molar-refractivity contribution >= 4 is 34.7 Å². The number of para-hydroxylation sites is 1. The molecule has 2 aromatic carbocycles. The maximum atomic E-state index is 12.5. The van der Waals surface area contributed by atoms with Crippen molar-refractivity contribution in [3.8, 4) is 16.3 Å². The fraction of sp³-hybridized carbons (Fsp3) is 0.0500. The number of carbonyl (C=O) groups is 1. The summed E-state index contributed by atoms with van der Waals surface area (Å²) in [6.07, 6.45) is 5.68. The molecule has 0 unspecified atom stereocenters. The molecular formula is C20H16N4OS2. The number of hydrogen-bond donors (Lipinski definition) is 1. The molecule has 0 aliphatic heterocycles. The molecule has 0 radical (unpaired) electrons. The van der Waals surface area contributed by atoms with Crippen molar-refractivity contribution in [2.45, 2.75) is 4.90 Å². The van der Waals surface area contributed by atoms with Crippen molar-refractivity contribution in [2.24, 2.45) is 0 Å². The van der Waals surface area contributed by atoms with Gasteiger partial charge in [-0.3, -0.25) is 4.79 Å². The first-order valence-corrected chi connectivity index (χ1v) is 10.3. The average molecular weight is 393 g/mol. The Morgan fingerprint density at radius 3 is 2.81 bits per heavy atom. The quantitative estimate of drug-likeness (QED) is 0.487. The van der Waals surface area contributed by atoms with Gasteiger partial charge in [-0.25, -0.2) is 9.67 Å². The summed E-state index contributed by atoms with van der Waals surface area (Å²) in [6.45, 7) is 0. The number of aromatic nitrogens is 3. The van der Waals surface area contributed by atoms with E-state index in [1.165, 1.54) is 11.3 Å². The standard InChI is InChI=1S/C20H16N4OS2/c1-26-17-9-5-6-15(10-17)22-19(25)18-13-27-20(23-18)14-11-21-24(12-14)16-7-3-2-4-8-16/h2-13H,1H3,(H,22,25). The van der Waals surface area contributed by atoms with Crippen molar-refractivity contribution in [1.82, 2.24) is 14.8 Å². The number of hydrogen-bond acceptors (Lipinski definition) is 5. The van der Waals surface area contributed by atoms with Gasteiger partial charge in [0.15, 0.2) is 0 Å². The highest BCUT2D eigenvalue weighted by atomic mass is 32.2. The highest BCUT2D eigenvalue weighted by molar-refractivity contribution is 7.98. The number of benzene rings is 2. The molecule has 4 aromatic rings. The van der Waals surface area contributed by atoms with Crippen LogP contribution in [0.3, 0.4) is 0 Å². The van der Waals surface area contributed by atoms with Gasteiger partial charge in [-0.15, -0.1) is 23.1 Å². The Bertz CT molecular complexity index is 1070. The lowest BCUT2D eigenvalue weighted by Gasteiger charge is -2.04. The summed E-state index contributed by atoms with van der Waals surface area (Å²) in [7, 11) is 0. The van der Waals surface area contributed by atoms with E-state index in [4.69, 9.17) is 0 Å². The molecule has 0 fully saturated rings. The number of thioether (sulfide) groups is 1. The third-order valence-electron chi connectivity index (χ3n) is 3.91. The van der Waals surface area contributed by atoms with E-state index in [1.54, 1.807) is 28.0 Å². The van der Waals surface area contributed by atoms with E-state index >= 15 is 0 Å². The lowest BCUT2D eigenvalue weighted by molar-refractivity contribution is 0.102. The van der Waals surface area contributed by atoms with Crippen LogP contribution >= 0.6 is 23.1 Å². The van der Waals surface area contributed by atoms with E-state index in [-0.39, 0.29) is 5.91 Å². The Labute approximate surface area is 165 Å². The highest BCUT2D eigenvalue weighted by Crippen LogP contribution is 2.25. The molecule has 7 heteroatoms. The van der Waals surface area contributed by atoms with Gasteiger partial charge in [0.1, 0.15) is 10.7 Å². The predicted octanol–water partition coefficient (Wildman–Crippen LogP) is 4.97. The van der Waals surface area contributed by atoms with Crippen molar-refractivity contribution in [1.29, 1.82) is 0 Å². The highest BCUT2D eigenvalue weighted by Gasteiger charge is 2.14. The van der Waals surface area contributed by atoms with Crippen LogP contribution in [0.5, 0.6) is 0 Å². The van der Waals surface area contributed by atoms with Gasteiger partial charge in [0.2, 0.25) is 0 Å². The third kappa shape index (κ3) is 3.94. The van der Waals surface area contributed by atoms with Crippen LogP contribution in [0.2, 0.25) is 0 Å². The van der Waals surface area contributed by atoms with Gasteiger partial charge in [0, 0.05) is 27.7 Å². The SMILES string of the molecule is CSc1cccc(NC(=O)c2csc(-c3cnn(-c4ccccc4)c3)n2)c1. The number of amides is 1. The van der Waals surface area contributed by atoms with E-state index in [9.17, 15) is 4.79 Å². The zero-order valence-electron chi connectivity index (χ0n) is 14.5. The van der Waals surface area contributed by atoms with Crippen LogP contribution in [0.4, 0.5) is 5.69 Å². The lowest BCUT2D eigenvalue weighted by atomic mass is 10.3. The zero-order valence-corrected chi connectivity index (χ0v) is 16.1. The summed E-state index contributed by atoms with van der Waals surface area (Å²) >= 11 is 3.06. The second kappa shape index (κ2) is 7.77. The molecule has 4 rings (SSSR count). The zero-order chi connectivity index (χ0) is 18.6. The molecule has 0 bridgehead atoms. The van der Waals surface area contributed by atoms with E-state index < -0.39 is 0 Å². The molecule has 0 atom stereocenters. The number of nitrogens with one attached hydrogen (secondary N) is 1. The van der Waals surface area contributed by atoms with Crippen molar-refractivity contribution in [3.63, 3.8) is 0 Å². The fourth-order valence-electron chi connectivity index (χ4n) is 2.56. The Kier molecular flexibility index (Phi) is 5.04. The molecule has 0 saturated carbocycles. The molecule has 0 saturated heterocycles. The number of anilines is 1. The summed E-state index contributed by atoms with van der Waals surface area (Å²) < 4.78 is 1.80. The Hall–Kier alpha value is -2.90. The van der Waals surface area contributed by atoms with Gasteiger partial charge in [0.25, 0.3) is 5.91 Å². The second-order valence-electron chi connectivity index (χ2n) is 5.73. The first-order chi connectivity index (χ1) is 13.2. The largest absolute Gasteiger partial charge is 0.321 e. The number of thiazole rings is 1. The Morgan fingerprint density at radius 1 is 1.15 bits per heavy atom. The van der Waals surface area contributed by atoms with Crippen molar-refractivity contribution in [3.05, 3.63) is 78.1 Å². The second-order valence-corrected chi connectivity index (χ2v) is 7.47. The lowest BCUT2D eigenvalue weighted by Crippen LogP contribution is -2.12. The van der Waals surface area contributed by atoms with Gasteiger partial charge in [-0.2, -0.15) is 5.10 Å². The minimum Gasteiger partial charge on any atom is -0.321 e. The van der Waals surface area contributed by atoms with Crippen molar-refractivity contribution in [2.75, 3.05) is 11.6 Å². The minimum atomic E-state index is -0.216. The van der Waals surface area contributed by atoms with Crippen LogP contribution in [0.15, 0.2) is 77.3 Å². The number of nitrogens with zero attached hydrogens (tertiary/aromatic N) is 3. The molecule has 27 heavy (non-hydrogen) atoms. The van der Waals surface area contributed by atoms with E-state index in [1.807, 2.05) is 67.0 Å². The summed E-state index contributed by atoms with van der Waals surface area (Å²) in [5.41, 5.74) is 3.02. The van der Waals surface area contributed by atoms with Crippen LogP contribution in [-0.4, -0.2) is 26.9 Å². The first-order valence-electron chi connectivity index (χ1n) is 8.24. The van der Waals surface area contributed by atoms with Crippen LogP contribution in [0, 0.1) is 0 Å². The van der Waals surface area contributed by atoms with Gasteiger partial charge >= 0.3 is 0 Å². The number of carbonyl (C=O) groups excluding carboxylic acids is 1. The Balaban J connectivity index is 1.51. The summed E-state index contributed by atoms with van der Waals surface area (Å²) in [5.74, 6) is -0.216. The average Bonchev–Trinajstić information content (AvgIpc) is 3.38. The molecule has 0 spiro atoms. The van der Waals surface area contributed by atoms with Crippen molar-refractivity contribution < 1.29 is 4.79 Å². The predicted molar refractivity (Wildman–Crippen MR) is 111 cm³/mol. The minimum absolute atomic E-state index is 0.216. The van der Waals surface area contributed by atoms with Gasteiger partial charge in [-0.1, -0.05) is 24.3 Å². The van der Waals surface area contributed by atoms with E-state index in [0.717, 1.165) is 26.8 Å². The monoisotopic (exact) mass is 392 g/mol. The molecule has 134 valence electrons. The normalized spacial score (nSPS) is 10.7. The molecule has 5 nitrogen and oxygen atoms in total. The van der Waals surface area contributed by atoms with Gasteiger partial charge < -0.3 is 5.32 Å². The van der Waals surface area contributed by atoms with Crippen LogP contribution in [-0.2, 0) is 0 Å². The maximum absolute atomic E-state index is 12.5. The summed E-state index contributed by atoms with van der Waals surface area (Å²) in [6, 6.07) is 17.6. The van der Waals surface area contributed by atoms with Crippen LogP contribution in [0.25, 0.3) is 16.3 Å². The summed E-state index contributed by atoms with van der Waals surface area (Å²) in [4.78, 5) is 18.1. The number of rotatable bonds is 5. The molecule has 0 aliphatic carbocycles. The van der Waals surface area contributed by atoms with Gasteiger partial charge in [0.05, 0.1) is 11.9 Å². The Morgan fingerprint density at radius 2 is 2.00 bits per heavy atom. The van der Waals surface area contributed by atoms with E-state index in [2.05, 4.69) is 15.4 Å². The first kappa shape index (κ1) is 17.5. The van der Waals surface area contributed by atoms with Gasteiger partial charge in [-0.05, 0) is 36.6 Å². The fourth-order valence-corrected chi connectivity index (χ4v) is 3.80. The molecule has 1 amide bonds. The molecule has 1 N–H and O–H groups in total. The molecule has 0 aliphatic rings.